The normalized spacial score (nSPS) is 21.4. The monoisotopic (exact) mass is 305 g/mol. The second-order valence-corrected chi connectivity index (χ2v) is 7.33. The summed E-state index contributed by atoms with van der Waals surface area (Å²) < 4.78 is 0. The Morgan fingerprint density at radius 3 is 2.62 bits per heavy atom. The van der Waals surface area contributed by atoms with Gasteiger partial charge in [-0.15, -0.1) is 0 Å². The number of nitrogens with zero attached hydrogens (tertiary/aromatic N) is 2. The molecule has 114 valence electrons. The highest BCUT2D eigenvalue weighted by molar-refractivity contribution is 8.13. The van der Waals surface area contributed by atoms with Crippen molar-refractivity contribution in [2.24, 2.45) is 4.99 Å². The van der Waals surface area contributed by atoms with Gasteiger partial charge in [0, 0.05) is 17.3 Å². The molecule has 1 aliphatic heterocycles. The molecule has 0 spiro atoms. The third-order valence-corrected chi connectivity index (χ3v) is 4.08. The second-order valence-electron chi connectivity index (χ2n) is 6.27. The summed E-state index contributed by atoms with van der Waals surface area (Å²) in [7, 11) is 0. The number of nitrogens with one attached hydrogen (secondary N) is 1. The number of amidine groups is 1. The topological polar surface area (TPSA) is 44.7 Å². The number of carbonyl (C=O) groups excluding carboxylic acids is 1. The molecule has 1 fully saturated rings. The number of aliphatic imine (C=N–C) groups is 1. The first-order valence-corrected chi connectivity index (χ1v) is 8.23. The fraction of sp³-hybridized carbons (Fsp3) is 0.500. The first-order chi connectivity index (χ1) is 9.87. The second kappa shape index (κ2) is 6.52. The number of amides is 2. The standard InChI is InChI=1S/C16H23N3OS/c1-12-10-11-21-15(17-13-8-6-5-7-9-13)19(12)14(20)18-16(2,3)4/h5-9,12H,10-11H2,1-4H3,(H,18,20). The fourth-order valence-electron chi connectivity index (χ4n) is 2.08. The van der Waals surface area contributed by atoms with Crippen LogP contribution in [0.3, 0.4) is 0 Å². The minimum Gasteiger partial charge on any atom is -0.333 e. The van der Waals surface area contributed by atoms with Crippen LogP contribution >= 0.6 is 11.8 Å². The number of rotatable bonds is 1. The number of hydrogen-bond acceptors (Lipinski definition) is 3. The molecule has 2 rings (SSSR count). The van der Waals surface area contributed by atoms with Crippen LogP contribution in [0.25, 0.3) is 0 Å². The maximum atomic E-state index is 12.5. The summed E-state index contributed by atoms with van der Waals surface area (Å²) in [5.74, 6) is 0.992. The molecule has 1 atom stereocenters. The highest BCUT2D eigenvalue weighted by atomic mass is 32.2. The largest absolute Gasteiger partial charge is 0.333 e. The van der Waals surface area contributed by atoms with Gasteiger partial charge in [-0.2, -0.15) is 0 Å². The van der Waals surface area contributed by atoms with Gasteiger partial charge in [0.05, 0.1) is 5.69 Å². The van der Waals surface area contributed by atoms with Crippen molar-refractivity contribution in [3.05, 3.63) is 30.3 Å². The summed E-state index contributed by atoms with van der Waals surface area (Å²) in [5.41, 5.74) is 0.624. The van der Waals surface area contributed by atoms with Gasteiger partial charge in [0.2, 0.25) is 0 Å². The molecular formula is C16H23N3OS. The van der Waals surface area contributed by atoms with E-state index in [1.165, 1.54) is 0 Å². The minimum absolute atomic E-state index is 0.0723. The lowest BCUT2D eigenvalue weighted by atomic mass is 10.1. The zero-order valence-electron chi connectivity index (χ0n) is 13.1. The lowest BCUT2D eigenvalue weighted by Crippen LogP contribution is -2.54. The molecule has 0 aliphatic carbocycles. The smallest absolute Gasteiger partial charge is 0.324 e. The maximum absolute atomic E-state index is 12.5. The highest BCUT2D eigenvalue weighted by Gasteiger charge is 2.31. The van der Waals surface area contributed by atoms with Crippen molar-refractivity contribution >= 4 is 28.6 Å². The maximum Gasteiger partial charge on any atom is 0.324 e. The van der Waals surface area contributed by atoms with Crippen LogP contribution in [0.4, 0.5) is 10.5 Å². The van der Waals surface area contributed by atoms with Crippen molar-refractivity contribution in [3.63, 3.8) is 0 Å². The van der Waals surface area contributed by atoms with Gasteiger partial charge < -0.3 is 5.32 Å². The molecule has 1 saturated heterocycles. The SMILES string of the molecule is CC1CCSC(=Nc2ccccc2)N1C(=O)NC(C)(C)C. The quantitative estimate of drug-likeness (QED) is 0.852. The van der Waals surface area contributed by atoms with Crippen LogP contribution in [0.5, 0.6) is 0 Å². The summed E-state index contributed by atoms with van der Waals surface area (Å²) in [6.45, 7) is 8.03. The van der Waals surface area contributed by atoms with Gasteiger partial charge in [0.25, 0.3) is 0 Å². The third-order valence-electron chi connectivity index (χ3n) is 3.10. The van der Waals surface area contributed by atoms with Gasteiger partial charge in [-0.05, 0) is 46.2 Å². The molecule has 1 N–H and O–H groups in total. The molecule has 21 heavy (non-hydrogen) atoms. The van der Waals surface area contributed by atoms with Crippen LogP contribution < -0.4 is 5.32 Å². The van der Waals surface area contributed by atoms with E-state index < -0.39 is 0 Å². The van der Waals surface area contributed by atoms with Crippen molar-refractivity contribution < 1.29 is 4.79 Å². The van der Waals surface area contributed by atoms with Gasteiger partial charge in [-0.1, -0.05) is 30.0 Å². The number of para-hydroxylation sites is 1. The van der Waals surface area contributed by atoms with E-state index in [-0.39, 0.29) is 17.6 Å². The van der Waals surface area contributed by atoms with E-state index in [1.54, 1.807) is 16.7 Å². The Balaban J connectivity index is 2.25. The summed E-state index contributed by atoms with van der Waals surface area (Å²) in [5, 5.41) is 3.81. The predicted molar refractivity (Wildman–Crippen MR) is 90.2 cm³/mol. The van der Waals surface area contributed by atoms with Crippen molar-refractivity contribution in [2.75, 3.05) is 5.75 Å². The van der Waals surface area contributed by atoms with Crippen LogP contribution in [0.1, 0.15) is 34.1 Å². The van der Waals surface area contributed by atoms with Crippen molar-refractivity contribution in [3.8, 4) is 0 Å². The zero-order valence-corrected chi connectivity index (χ0v) is 13.9. The third kappa shape index (κ3) is 4.49. The molecule has 1 unspecified atom stereocenters. The van der Waals surface area contributed by atoms with E-state index in [0.29, 0.717) is 0 Å². The fourth-order valence-corrected chi connectivity index (χ4v) is 3.29. The Hall–Kier alpha value is -1.49. The van der Waals surface area contributed by atoms with Gasteiger partial charge >= 0.3 is 6.03 Å². The molecule has 1 aromatic rings. The molecule has 0 saturated carbocycles. The molecule has 2 amide bonds. The summed E-state index contributed by atoms with van der Waals surface area (Å²) >= 11 is 1.64. The van der Waals surface area contributed by atoms with E-state index >= 15 is 0 Å². The van der Waals surface area contributed by atoms with Gasteiger partial charge in [-0.25, -0.2) is 9.79 Å². The Morgan fingerprint density at radius 2 is 2.00 bits per heavy atom. The molecule has 0 aromatic heterocycles. The minimum atomic E-state index is -0.253. The number of hydrogen-bond donors (Lipinski definition) is 1. The lowest BCUT2D eigenvalue weighted by molar-refractivity contribution is 0.201. The zero-order chi connectivity index (χ0) is 15.5. The predicted octanol–water partition coefficient (Wildman–Crippen LogP) is 4.01. The van der Waals surface area contributed by atoms with Crippen LogP contribution in [0.15, 0.2) is 35.3 Å². The van der Waals surface area contributed by atoms with Crippen LogP contribution in [-0.4, -0.2) is 33.4 Å². The Bertz CT molecular complexity index is 522. The Kier molecular flexibility index (Phi) is 4.93. The number of benzene rings is 1. The molecular weight excluding hydrogens is 282 g/mol. The summed E-state index contributed by atoms with van der Waals surface area (Å²) in [6, 6.07) is 9.86. The average molecular weight is 305 g/mol. The number of thioether (sulfide) groups is 1. The number of urea groups is 1. The van der Waals surface area contributed by atoms with E-state index in [4.69, 9.17) is 0 Å². The van der Waals surface area contributed by atoms with E-state index in [2.05, 4.69) is 17.2 Å². The van der Waals surface area contributed by atoms with Crippen molar-refractivity contribution in [2.45, 2.75) is 45.7 Å². The molecule has 1 aliphatic rings. The van der Waals surface area contributed by atoms with Gasteiger partial charge in [0.1, 0.15) is 0 Å². The lowest BCUT2D eigenvalue weighted by Gasteiger charge is -2.36. The van der Waals surface area contributed by atoms with Crippen LogP contribution in [0.2, 0.25) is 0 Å². The van der Waals surface area contributed by atoms with E-state index in [9.17, 15) is 4.79 Å². The number of carbonyl (C=O) groups is 1. The average Bonchev–Trinajstić information content (AvgIpc) is 2.37. The Morgan fingerprint density at radius 1 is 1.33 bits per heavy atom. The van der Waals surface area contributed by atoms with Crippen molar-refractivity contribution in [1.29, 1.82) is 0 Å². The van der Waals surface area contributed by atoms with Gasteiger partial charge in [0.15, 0.2) is 5.17 Å². The summed E-state index contributed by atoms with van der Waals surface area (Å²) in [4.78, 5) is 19.0. The van der Waals surface area contributed by atoms with Crippen LogP contribution in [0, 0.1) is 0 Å². The summed E-state index contributed by atoms with van der Waals surface area (Å²) in [6.07, 6.45) is 0.982. The first kappa shape index (κ1) is 15.9. The van der Waals surface area contributed by atoms with Crippen LogP contribution in [-0.2, 0) is 0 Å². The molecule has 0 bridgehead atoms. The molecule has 1 heterocycles. The Labute approximate surface area is 131 Å². The van der Waals surface area contributed by atoms with E-state index in [0.717, 1.165) is 23.0 Å². The molecule has 4 nitrogen and oxygen atoms in total. The first-order valence-electron chi connectivity index (χ1n) is 7.25. The van der Waals surface area contributed by atoms with Gasteiger partial charge in [-0.3, -0.25) is 4.90 Å². The van der Waals surface area contributed by atoms with Crippen molar-refractivity contribution in [1.82, 2.24) is 10.2 Å². The van der Waals surface area contributed by atoms with E-state index in [1.807, 2.05) is 51.1 Å². The molecule has 1 aromatic carbocycles. The molecule has 0 radical (unpaired) electrons. The molecule has 5 heteroatoms. The highest BCUT2D eigenvalue weighted by Crippen LogP contribution is 2.26.